The molecule has 3 heterocycles. The molecule has 0 spiro atoms. The zero-order valence-electron chi connectivity index (χ0n) is 33.0. The number of benzene rings is 2. The molecule has 0 unspecified atom stereocenters. The maximum Gasteiger partial charge on any atom is 0.416 e. The zero-order valence-corrected chi connectivity index (χ0v) is 33.8. The molecule has 322 valence electrons. The van der Waals surface area contributed by atoms with Crippen molar-refractivity contribution in [2.24, 2.45) is 5.92 Å². The fourth-order valence-corrected chi connectivity index (χ4v) is 9.34. The van der Waals surface area contributed by atoms with Crippen molar-refractivity contribution in [3.63, 3.8) is 0 Å². The molecule has 0 radical (unpaired) electrons. The highest BCUT2D eigenvalue weighted by Crippen LogP contribution is 2.48. The molecule has 4 aliphatic rings. The molecular weight excluding hydrogens is 803 g/mol. The Labute approximate surface area is 339 Å². The number of fused-ring (bicyclic) bond motifs is 3. The van der Waals surface area contributed by atoms with Crippen LogP contribution in [0.15, 0.2) is 42.5 Å². The standard InChI is InChI=1S/C40H49F4N5O9S/c1-38(2,3)58-36(53)45-31-17-8-6-4-5-7-14-26-19-39(26,35(52)47-59(55,56)23-25-12-9-10-15-29(25)40(42,43)44)46-33(50)32-18-27(21-49(32)34(31)51)57-37(54)48-20-24-13-11-16-30(41)28(24)22-48/h9-13,15-16,26-27,31-32H,4-8,14,17-23H2,1-3H3,(H,45,53)(H,46,50)(H,47,52)/t26-,27-,31+,32+,39-/m1/s1. The molecule has 5 amide bonds. The second kappa shape index (κ2) is 17.0. The van der Waals surface area contributed by atoms with E-state index in [9.17, 15) is 50.0 Å². The molecular formula is C40H49F4N5O9S. The highest BCUT2D eigenvalue weighted by molar-refractivity contribution is 7.89. The van der Waals surface area contributed by atoms with E-state index in [1.165, 1.54) is 23.1 Å². The van der Waals surface area contributed by atoms with Gasteiger partial charge in [0.05, 0.1) is 24.4 Å². The van der Waals surface area contributed by atoms with Gasteiger partial charge in [-0.25, -0.2) is 22.4 Å². The Balaban J connectivity index is 1.25. The van der Waals surface area contributed by atoms with Crippen LogP contribution in [0, 0.1) is 11.7 Å². The lowest BCUT2D eigenvalue weighted by Crippen LogP contribution is -2.58. The summed E-state index contributed by atoms with van der Waals surface area (Å²) in [5.41, 5.74) is -3.49. The number of rotatable bonds is 6. The van der Waals surface area contributed by atoms with Crippen LogP contribution < -0.4 is 15.4 Å². The maximum atomic E-state index is 14.5. The summed E-state index contributed by atoms with van der Waals surface area (Å²) in [6.45, 7) is 4.67. The first-order valence-electron chi connectivity index (χ1n) is 19.7. The second-order valence-electron chi connectivity index (χ2n) is 16.7. The summed E-state index contributed by atoms with van der Waals surface area (Å²) in [4.78, 5) is 71.5. The van der Waals surface area contributed by atoms with E-state index in [2.05, 4.69) is 10.6 Å². The summed E-state index contributed by atoms with van der Waals surface area (Å²) in [7, 11) is -4.73. The van der Waals surface area contributed by atoms with Crippen molar-refractivity contribution in [1.29, 1.82) is 0 Å². The summed E-state index contributed by atoms with van der Waals surface area (Å²) < 4.78 is 95.2. The number of alkyl carbamates (subject to hydrolysis) is 1. The smallest absolute Gasteiger partial charge is 0.416 e. The van der Waals surface area contributed by atoms with Gasteiger partial charge < -0.3 is 25.0 Å². The minimum absolute atomic E-state index is 0.0210. The predicted octanol–water partition coefficient (Wildman–Crippen LogP) is 5.42. The van der Waals surface area contributed by atoms with Gasteiger partial charge in [0.2, 0.25) is 21.8 Å². The Hall–Kier alpha value is -4.94. The van der Waals surface area contributed by atoms with Gasteiger partial charge in [-0.05, 0) is 69.2 Å². The van der Waals surface area contributed by atoms with Crippen molar-refractivity contribution in [1.82, 2.24) is 25.2 Å². The SMILES string of the molecule is CC(C)(C)OC(=O)N[C@H]1CCCCCCC[C@@H]2C[C@@]2(C(=O)NS(=O)(=O)Cc2ccccc2C(F)(F)F)NC(=O)[C@@H]2C[C@@H](OC(=O)N3Cc4cccc(F)c4C3)CN2C1=O. The average Bonchev–Trinajstić information content (AvgIpc) is 3.42. The quantitative estimate of drug-likeness (QED) is 0.320. The predicted molar refractivity (Wildman–Crippen MR) is 203 cm³/mol. The van der Waals surface area contributed by atoms with Crippen molar-refractivity contribution < 1.29 is 59.4 Å². The van der Waals surface area contributed by atoms with E-state index in [4.69, 9.17) is 9.47 Å². The largest absolute Gasteiger partial charge is 0.444 e. The Bertz CT molecular complexity index is 2080. The van der Waals surface area contributed by atoms with Crippen LogP contribution in [-0.4, -0.2) is 84.0 Å². The number of hydrogen-bond acceptors (Lipinski definition) is 9. The Morgan fingerprint density at radius 1 is 0.949 bits per heavy atom. The molecule has 6 rings (SSSR count). The summed E-state index contributed by atoms with van der Waals surface area (Å²) in [6, 6.07) is 6.05. The molecule has 2 saturated heterocycles. The van der Waals surface area contributed by atoms with E-state index < -0.39 is 104 Å². The van der Waals surface area contributed by atoms with Gasteiger partial charge >= 0.3 is 18.4 Å². The molecule has 2 aromatic carbocycles. The van der Waals surface area contributed by atoms with E-state index in [-0.39, 0.29) is 38.9 Å². The van der Waals surface area contributed by atoms with E-state index in [1.54, 1.807) is 26.8 Å². The average molecular weight is 852 g/mol. The fourth-order valence-electron chi connectivity index (χ4n) is 8.14. The summed E-state index contributed by atoms with van der Waals surface area (Å²) in [5.74, 6) is -4.86. The molecule has 0 bridgehead atoms. The molecule has 14 nitrogen and oxygen atoms in total. The first kappa shape index (κ1) is 43.6. The fraction of sp³-hybridized carbons (Fsp3) is 0.575. The highest BCUT2D eigenvalue weighted by atomic mass is 32.2. The molecule has 3 aliphatic heterocycles. The number of ether oxygens (including phenoxy) is 2. The Morgan fingerprint density at radius 3 is 2.34 bits per heavy atom. The van der Waals surface area contributed by atoms with Crippen molar-refractivity contribution in [3.05, 3.63) is 70.5 Å². The van der Waals surface area contributed by atoms with E-state index >= 15 is 0 Å². The highest BCUT2D eigenvalue weighted by Gasteiger charge is 2.62. The van der Waals surface area contributed by atoms with Crippen molar-refractivity contribution in [2.75, 3.05) is 6.54 Å². The van der Waals surface area contributed by atoms with Gasteiger partial charge in [-0.15, -0.1) is 0 Å². The van der Waals surface area contributed by atoms with Gasteiger partial charge in [0.1, 0.15) is 35.1 Å². The molecule has 5 atom stereocenters. The molecule has 2 aromatic rings. The second-order valence-corrected chi connectivity index (χ2v) is 18.5. The van der Waals surface area contributed by atoms with Crippen LogP contribution in [0.3, 0.4) is 0 Å². The van der Waals surface area contributed by atoms with E-state index in [0.717, 1.165) is 29.5 Å². The Morgan fingerprint density at radius 2 is 1.64 bits per heavy atom. The van der Waals surface area contributed by atoms with Crippen LogP contribution in [0.25, 0.3) is 0 Å². The topological polar surface area (TPSA) is 181 Å². The summed E-state index contributed by atoms with van der Waals surface area (Å²) >= 11 is 0. The first-order valence-corrected chi connectivity index (χ1v) is 21.3. The first-order chi connectivity index (χ1) is 27.7. The summed E-state index contributed by atoms with van der Waals surface area (Å²) in [6.07, 6.45) is -3.98. The molecule has 59 heavy (non-hydrogen) atoms. The Kier molecular flexibility index (Phi) is 12.5. The lowest BCUT2D eigenvalue weighted by Gasteiger charge is -2.30. The third-order valence-electron chi connectivity index (χ3n) is 11.1. The van der Waals surface area contributed by atoms with Gasteiger partial charge in [-0.2, -0.15) is 13.2 Å². The number of nitrogens with zero attached hydrogens (tertiary/aromatic N) is 2. The zero-order chi connectivity index (χ0) is 42.9. The molecule has 1 aliphatic carbocycles. The minimum atomic E-state index is -4.86. The third kappa shape index (κ3) is 10.4. The molecule has 19 heteroatoms. The minimum Gasteiger partial charge on any atom is -0.444 e. The maximum absolute atomic E-state index is 14.5. The number of sulfonamides is 1. The van der Waals surface area contributed by atoms with Crippen LogP contribution in [0.4, 0.5) is 27.2 Å². The third-order valence-corrected chi connectivity index (χ3v) is 12.3. The van der Waals surface area contributed by atoms with Gasteiger partial charge in [0.25, 0.3) is 5.91 Å². The van der Waals surface area contributed by atoms with Gasteiger partial charge in [0.15, 0.2) is 0 Å². The van der Waals surface area contributed by atoms with Crippen LogP contribution in [-0.2, 0) is 58.9 Å². The van der Waals surface area contributed by atoms with Crippen molar-refractivity contribution in [3.8, 4) is 0 Å². The van der Waals surface area contributed by atoms with Gasteiger partial charge in [0, 0.05) is 18.5 Å². The monoisotopic (exact) mass is 851 g/mol. The lowest BCUT2D eigenvalue weighted by molar-refractivity contribution is -0.141. The number of hydrogen-bond donors (Lipinski definition) is 3. The number of amides is 5. The van der Waals surface area contributed by atoms with Crippen LogP contribution >= 0.6 is 0 Å². The normalized spacial score (nSPS) is 25.3. The number of halogens is 4. The van der Waals surface area contributed by atoms with Gasteiger partial charge in [-0.3, -0.25) is 24.0 Å². The number of carbonyl (C=O) groups excluding carboxylic acids is 5. The van der Waals surface area contributed by atoms with Crippen LogP contribution in [0.1, 0.15) is 101 Å². The molecule has 3 N–H and O–H groups in total. The van der Waals surface area contributed by atoms with E-state index in [1.807, 2.05) is 4.72 Å². The summed E-state index contributed by atoms with van der Waals surface area (Å²) in [5, 5.41) is 5.32. The number of nitrogens with one attached hydrogen (secondary N) is 3. The lowest BCUT2D eigenvalue weighted by atomic mass is 10.0. The molecule has 1 saturated carbocycles. The van der Waals surface area contributed by atoms with Crippen LogP contribution in [0.2, 0.25) is 0 Å². The van der Waals surface area contributed by atoms with Crippen molar-refractivity contribution >= 4 is 39.9 Å². The molecule has 0 aromatic heterocycles. The number of alkyl halides is 3. The van der Waals surface area contributed by atoms with Crippen LogP contribution in [0.5, 0.6) is 0 Å². The van der Waals surface area contributed by atoms with E-state index in [0.29, 0.717) is 43.2 Å². The molecule has 3 fully saturated rings. The number of carbonyl (C=O) groups is 5. The van der Waals surface area contributed by atoms with Gasteiger partial charge in [-0.1, -0.05) is 62.4 Å². The van der Waals surface area contributed by atoms with Crippen molar-refractivity contribution in [2.45, 2.75) is 133 Å².